The monoisotopic (exact) mass is 248 g/mol. The Labute approximate surface area is 108 Å². The van der Waals surface area contributed by atoms with Crippen LogP contribution >= 0.6 is 0 Å². The van der Waals surface area contributed by atoms with Gasteiger partial charge in [0.15, 0.2) is 0 Å². The largest absolute Gasteiger partial charge is 0.380 e. The first-order chi connectivity index (χ1) is 8.67. The predicted molar refractivity (Wildman–Crippen MR) is 70.0 cm³/mol. The summed E-state index contributed by atoms with van der Waals surface area (Å²) in [5.74, 6) is 0.116. The van der Waals surface area contributed by atoms with Gasteiger partial charge in [0.2, 0.25) is 5.91 Å². The average Bonchev–Trinajstić information content (AvgIpc) is 2.31. The molecule has 1 aliphatic rings. The minimum atomic E-state index is 0.116. The minimum Gasteiger partial charge on any atom is -0.380 e. The van der Waals surface area contributed by atoms with Gasteiger partial charge in [-0.3, -0.25) is 9.69 Å². The van der Waals surface area contributed by atoms with E-state index in [2.05, 4.69) is 34.5 Å². The second kappa shape index (κ2) is 5.98. The number of amides is 1. The molecule has 1 aromatic rings. The van der Waals surface area contributed by atoms with Crippen LogP contribution in [0.3, 0.4) is 0 Å². The summed E-state index contributed by atoms with van der Waals surface area (Å²) < 4.78 is 5.08. The third-order valence-electron chi connectivity index (χ3n) is 3.05. The maximum absolute atomic E-state index is 11.4. The van der Waals surface area contributed by atoms with Crippen molar-refractivity contribution in [1.82, 2.24) is 10.2 Å². The van der Waals surface area contributed by atoms with Gasteiger partial charge >= 0.3 is 0 Å². The standard InChI is InChI=1S/C14H20N2O2/c1-11-7-16(9-14(17)15-11)8-12-3-5-13(6-4-12)10-18-2/h3-6,11H,7-10H2,1-2H3,(H,15,17). The van der Waals surface area contributed by atoms with Gasteiger partial charge in [0.05, 0.1) is 13.2 Å². The summed E-state index contributed by atoms with van der Waals surface area (Å²) in [5.41, 5.74) is 2.41. The first-order valence-electron chi connectivity index (χ1n) is 6.26. The van der Waals surface area contributed by atoms with Crippen LogP contribution in [0.15, 0.2) is 24.3 Å². The van der Waals surface area contributed by atoms with E-state index in [9.17, 15) is 4.79 Å². The Hall–Kier alpha value is -1.39. The molecule has 1 amide bonds. The predicted octanol–water partition coefficient (Wildman–Crippen LogP) is 1.15. The van der Waals surface area contributed by atoms with E-state index >= 15 is 0 Å². The number of methoxy groups -OCH3 is 1. The quantitative estimate of drug-likeness (QED) is 0.869. The fraction of sp³-hybridized carbons (Fsp3) is 0.500. The molecule has 0 saturated carbocycles. The van der Waals surface area contributed by atoms with Crippen molar-refractivity contribution in [3.05, 3.63) is 35.4 Å². The molecule has 0 radical (unpaired) electrons. The number of benzene rings is 1. The molecule has 1 saturated heterocycles. The summed E-state index contributed by atoms with van der Waals surface area (Å²) in [7, 11) is 1.70. The Kier molecular flexibility index (Phi) is 4.33. The summed E-state index contributed by atoms with van der Waals surface area (Å²) in [6.45, 7) is 4.90. The van der Waals surface area contributed by atoms with E-state index in [1.807, 2.05) is 6.92 Å². The Balaban J connectivity index is 1.94. The van der Waals surface area contributed by atoms with Gasteiger partial charge in [-0.25, -0.2) is 0 Å². The zero-order valence-corrected chi connectivity index (χ0v) is 11.0. The first-order valence-corrected chi connectivity index (χ1v) is 6.26. The van der Waals surface area contributed by atoms with Crippen LogP contribution < -0.4 is 5.32 Å². The maximum Gasteiger partial charge on any atom is 0.234 e. The molecule has 0 spiro atoms. The first kappa shape index (κ1) is 13.1. The fourth-order valence-corrected chi connectivity index (χ4v) is 2.31. The number of ether oxygens (including phenoxy) is 1. The van der Waals surface area contributed by atoms with Gasteiger partial charge in [-0.15, -0.1) is 0 Å². The van der Waals surface area contributed by atoms with Crippen molar-refractivity contribution in [2.45, 2.75) is 26.1 Å². The number of carbonyl (C=O) groups excluding carboxylic acids is 1. The molecule has 18 heavy (non-hydrogen) atoms. The molecule has 1 heterocycles. The molecule has 1 aromatic carbocycles. The van der Waals surface area contributed by atoms with Crippen LogP contribution in [-0.4, -0.2) is 37.0 Å². The highest BCUT2D eigenvalue weighted by Gasteiger charge is 2.21. The van der Waals surface area contributed by atoms with Gasteiger partial charge in [-0.2, -0.15) is 0 Å². The summed E-state index contributed by atoms with van der Waals surface area (Å²) in [6.07, 6.45) is 0. The van der Waals surface area contributed by atoms with E-state index in [0.29, 0.717) is 13.2 Å². The number of nitrogens with zero attached hydrogens (tertiary/aromatic N) is 1. The number of piperazine rings is 1. The topological polar surface area (TPSA) is 41.6 Å². The van der Waals surface area contributed by atoms with Gasteiger partial charge in [0.25, 0.3) is 0 Å². The third-order valence-corrected chi connectivity index (χ3v) is 3.05. The molecule has 1 atom stereocenters. The molecule has 0 aromatic heterocycles. The molecule has 1 unspecified atom stereocenters. The van der Waals surface area contributed by atoms with Crippen molar-refractivity contribution in [2.75, 3.05) is 20.2 Å². The summed E-state index contributed by atoms with van der Waals surface area (Å²) in [6, 6.07) is 8.59. The maximum atomic E-state index is 11.4. The lowest BCUT2D eigenvalue weighted by atomic mass is 10.1. The molecular weight excluding hydrogens is 228 g/mol. The lowest BCUT2D eigenvalue weighted by Crippen LogP contribution is -2.52. The summed E-state index contributed by atoms with van der Waals surface area (Å²) in [5, 5.41) is 2.92. The van der Waals surface area contributed by atoms with Gasteiger partial charge < -0.3 is 10.1 Å². The molecule has 1 N–H and O–H groups in total. The number of nitrogens with one attached hydrogen (secondary N) is 1. The van der Waals surface area contributed by atoms with Crippen LogP contribution in [0.5, 0.6) is 0 Å². The van der Waals surface area contributed by atoms with Crippen molar-refractivity contribution in [3.8, 4) is 0 Å². The van der Waals surface area contributed by atoms with E-state index in [0.717, 1.165) is 13.1 Å². The van der Waals surface area contributed by atoms with Gasteiger partial charge in [-0.1, -0.05) is 24.3 Å². The molecule has 2 rings (SSSR count). The second-order valence-electron chi connectivity index (χ2n) is 4.89. The molecule has 98 valence electrons. The summed E-state index contributed by atoms with van der Waals surface area (Å²) >= 11 is 0. The normalized spacial score (nSPS) is 20.8. The minimum absolute atomic E-state index is 0.116. The van der Waals surface area contributed by atoms with E-state index in [-0.39, 0.29) is 11.9 Å². The second-order valence-corrected chi connectivity index (χ2v) is 4.89. The highest BCUT2D eigenvalue weighted by atomic mass is 16.5. The number of carbonyl (C=O) groups is 1. The summed E-state index contributed by atoms with van der Waals surface area (Å²) in [4.78, 5) is 13.6. The lowest BCUT2D eigenvalue weighted by molar-refractivity contribution is -0.125. The molecule has 0 bridgehead atoms. The van der Waals surface area contributed by atoms with Crippen LogP contribution in [0.1, 0.15) is 18.1 Å². The Morgan fingerprint density at radius 1 is 1.33 bits per heavy atom. The number of hydrogen-bond acceptors (Lipinski definition) is 3. The SMILES string of the molecule is COCc1ccc(CN2CC(=O)NC(C)C2)cc1. The van der Waals surface area contributed by atoms with Gasteiger partial charge in [0, 0.05) is 26.2 Å². The smallest absolute Gasteiger partial charge is 0.234 e. The van der Waals surface area contributed by atoms with Gasteiger partial charge in [0.1, 0.15) is 0 Å². The van der Waals surface area contributed by atoms with Crippen LogP contribution in [0.25, 0.3) is 0 Å². The van der Waals surface area contributed by atoms with Crippen LogP contribution in [0, 0.1) is 0 Å². The van der Waals surface area contributed by atoms with Crippen molar-refractivity contribution in [3.63, 3.8) is 0 Å². The molecule has 1 fully saturated rings. The van der Waals surface area contributed by atoms with Crippen LogP contribution in [0.2, 0.25) is 0 Å². The average molecular weight is 248 g/mol. The molecule has 1 aliphatic heterocycles. The van der Waals surface area contributed by atoms with E-state index < -0.39 is 0 Å². The highest BCUT2D eigenvalue weighted by molar-refractivity contribution is 5.79. The lowest BCUT2D eigenvalue weighted by Gasteiger charge is -2.31. The Morgan fingerprint density at radius 3 is 2.61 bits per heavy atom. The van der Waals surface area contributed by atoms with Crippen molar-refractivity contribution in [2.24, 2.45) is 0 Å². The van der Waals surface area contributed by atoms with Crippen LogP contribution in [0.4, 0.5) is 0 Å². The van der Waals surface area contributed by atoms with E-state index in [4.69, 9.17) is 4.74 Å². The van der Waals surface area contributed by atoms with Crippen molar-refractivity contribution >= 4 is 5.91 Å². The Morgan fingerprint density at radius 2 is 2.00 bits per heavy atom. The van der Waals surface area contributed by atoms with Crippen molar-refractivity contribution in [1.29, 1.82) is 0 Å². The zero-order chi connectivity index (χ0) is 13.0. The van der Waals surface area contributed by atoms with Crippen LogP contribution in [-0.2, 0) is 22.7 Å². The van der Waals surface area contributed by atoms with E-state index in [1.165, 1.54) is 11.1 Å². The highest BCUT2D eigenvalue weighted by Crippen LogP contribution is 2.10. The van der Waals surface area contributed by atoms with E-state index in [1.54, 1.807) is 7.11 Å². The van der Waals surface area contributed by atoms with Gasteiger partial charge in [-0.05, 0) is 18.1 Å². The number of rotatable bonds is 4. The number of hydrogen-bond donors (Lipinski definition) is 1. The fourth-order valence-electron chi connectivity index (χ4n) is 2.31. The molecule has 4 heteroatoms. The van der Waals surface area contributed by atoms with Crippen molar-refractivity contribution < 1.29 is 9.53 Å². The zero-order valence-electron chi connectivity index (χ0n) is 11.0. The molecule has 0 aliphatic carbocycles. The third kappa shape index (κ3) is 3.55. The molecule has 4 nitrogen and oxygen atoms in total. The Bertz CT molecular complexity index is 403. The molecular formula is C14H20N2O2.